The third kappa shape index (κ3) is 4.78. The molecule has 0 N–H and O–H groups in total. The van der Waals surface area contributed by atoms with E-state index in [4.69, 9.17) is 4.42 Å². The summed E-state index contributed by atoms with van der Waals surface area (Å²) in [5.41, 5.74) is -0.494. The van der Waals surface area contributed by atoms with Gasteiger partial charge in [0.25, 0.3) is 5.91 Å². The van der Waals surface area contributed by atoms with Crippen molar-refractivity contribution in [3.63, 3.8) is 0 Å². The Bertz CT molecular complexity index is 922. The predicted molar refractivity (Wildman–Crippen MR) is 102 cm³/mol. The molecule has 1 heterocycles. The Kier molecular flexibility index (Phi) is 6.14. The average molecular weight is 405 g/mol. The molecule has 2 aromatic carbocycles. The Balaban J connectivity index is 1.93. The second-order valence-corrected chi connectivity index (χ2v) is 7.01. The van der Waals surface area contributed by atoms with Crippen LogP contribution in [0.2, 0.25) is 0 Å². The molecule has 146 valence electrons. The summed E-state index contributed by atoms with van der Waals surface area (Å²) in [6.45, 7) is 0.239. The average Bonchev–Trinajstić information content (AvgIpc) is 3.20. The quantitative estimate of drug-likeness (QED) is 0.482. The summed E-state index contributed by atoms with van der Waals surface area (Å²) < 4.78 is 45.4. The summed E-state index contributed by atoms with van der Waals surface area (Å²) in [5.74, 6) is -0.197. The maximum atomic E-state index is 13.4. The standard InChI is InChI=1S/C21H18F3NO2S/c1-28-17-10-8-15(9-11-17)13-25(14-16-5-4-12-27-16)20(26)18-6-2-3-7-19(18)21(22,23)24/h2-12H,13-14H2,1H3. The lowest BCUT2D eigenvalue weighted by molar-refractivity contribution is -0.138. The lowest BCUT2D eigenvalue weighted by Gasteiger charge is -2.24. The van der Waals surface area contributed by atoms with Crippen LogP contribution in [0, 0.1) is 0 Å². The zero-order valence-electron chi connectivity index (χ0n) is 15.1. The van der Waals surface area contributed by atoms with Crippen molar-refractivity contribution in [3.8, 4) is 0 Å². The third-order valence-electron chi connectivity index (χ3n) is 4.21. The van der Waals surface area contributed by atoms with Crippen molar-refractivity contribution in [1.29, 1.82) is 0 Å². The number of halogens is 3. The molecule has 0 aliphatic heterocycles. The van der Waals surface area contributed by atoms with Crippen LogP contribution in [-0.2, 0) is 19.3 Å². The van der Waals surface area contributed by atoms with E-state index in [1.807, 2.05) is 30.5 Å². The molecule has 0 saturated carbocycles. The van der Waals surface area contributed by atoms with Crippen LogP contribution in [0.25, 0.3) is 0 Å². The SMILES string of the molecule is CSc1ccc(CN(Cc2ccco2)C(=O)c2ccccc2C(F)(F)F)cc1. The van der Waals surface area contributed by atoms with Crippen LogP contribution in [0.3, 0.4) is 0 Å². The fraction of sp³-hybridized carbons (Fsp3) is 0.190. The van der Waals surface area contributed by atoms with Gasteiger partial charge in [0.2, 0.25) is 0 Å². The molecule has 1 amide bonds. The van der Waals surface area contributed by atoms with Gasteiger partial charge in [-0.25, -0.2) is 0 Å². The topological polar surface area (TPSA) is 33.5 Å². The minimum absolute atomic E-state index is 0.0717. The monoisotopic (exact) mass is 405 g/mol. The highest BCUT2D eigenvalue weighted by molar-refractivity contribution is 7.98. The predicted octanol–water partition coefficient (Wildman–Crippen LogP) is 5.86. The van der Waals surface area contributed by atoms with Crippen molar-refractivity contribution in [1.82, 2.24) is 4.90 Å². The molecule has 3 aromatic rings. The zero-order chi connectivity index (χ0) is 20.1. The van der Waals surface area contributed by atoms with Gasteiger partial charge in [-0.1, -0.05) is 24.3 Å². The van der Waals surface area contributed by atoms with Crippen molar-refractivity contribution in [3.05, 3.63) is 89.4 Å². The number of carbonyl (C=O) groups excluding carboxylic acids is 1. The first-order valence-corrected chi connectivity index (χ1v) is 9.72. The van der Waals surface area contributed by atoms with Crippen LogP contribution in [0.1, 0.15) is 27.2 Å². The maximum Gasteiger partial charge on any atom is 0.417 e. The summed E-state index contributed by atoms with van der Waals surface area (Å²) in [5, 5.41) is 0. The van der Waals surface area contributed by atoms with Gasteiger partial charge in [-0.05, 0) is 48.2 Å². The van der Waals surface area contributed by atoms with Gasteiger partial charge in [-0.15, -0.1) is 11.8 Å². The van der Waals surface area contributed by atoms with E-state index in [-0.39, 0.29) is 18.7 Å². The Morgan fingerprint density at radius 2 is 1.71 bits per heavy atom. The largest absolute Gasteiger partial charge is 0.467 e. The summed E-state index contributed by atoms with van der Waals surface area (Å²) in [7, 11) is 0. The smallest absolute Gasteiger partial charge is 0.417 e. The number of nitrogens with zero attached hydrogens (tertiary/aromatic N) is 1. The van der Waals surface area contributed by atoms with Crippen LogP contribution >= 0.6 is 11.8 Å². The molecular formula is C21H18F3NO2S. The lowest BCUT2D eigenvalue weighted by Crippen LogP contribution is -2.31. The normalized spacial score (nSPS) is 11.4. The lowest BCUT2D eigenvalue weighted by atomic mass is 10.1. The van der Waals surface area contributed by atoms with E-state index < -0.39 is 17.6 Å². The molecule has 0 aliphatic rings. The molecule has 7 heteroatoms. The van der Waals surface area contributed by atoms with Crippen molar-refractivity contribution in [2.24, 2.45) is 0 Å². The molecule has 0 spiro atoms. The van der Waals surface area contributed by atoms with E-state index in [1.54, 1.807) is 23.9 Å². The number of benzene rings is 2. The van der Waals surface area contributed by atoms with Gasteiger partial charge < -0.3 is 9.32 Å². The molecule has 0 unspecified atom stereocenters. The molecule has 28 heavy (non-hydrogen) atoms. The summed E-state index contributed by atoms with van der Waals surface area (Å²) in [6, 6.07) is 15.8. The Morgan fingerprint density at radius 1 is 1.00 bits per heavy atom. The van der Waals surface area contributed by atoms with Crippen LogP contribution in [-0.4, -0.2) is 17.1 Å². The fourth-order valence-corrected chi connectivity index (χ4v) is 3.24. The minimum atomic E-state index is -4.61. The minimum Gasteiger partial charge on any atom is -0.467 e. The van der Waals surface area contributed by atoms with Crippen molar-refractivity contribution in [2.75, 3.05) is 6.26 Å². The Morgan fingerprint density at radius 3 is 2.32 bits per heavy atom. The van der Waals surface area contributed by atoms with Crippen LogP contribution in [0.5, 0.6) is 0 Å². The van der Waals surface area contributed by atoms with Gasteiger partial charge >= 0.3 is 6.18 Å². The molecule has 0 aliphatic carbocycles. The number of alkyl halides is 3. The van der Waals surface area contributed by atoms with Crippen molar-refractivity contribution < 1.29 is 22.4 Å². The Labute approximate surface area is 165 Å². The van der Waals surface area contributed by atoms with Gasteiger partial charge in [0.1, 0.15) is 5.76 Å². The number of rotatable bonds is 6. The van der Waals surface area contributed by atoms with E-state index in [2.05, 4.69) is 0 Å². The van der Waals surface area contributed by atoms with E-state index in [0.29, 0.717) is 5.76 Å². The van der Waals surface area contributed by atoms with Crippen LogP contribution in [0.4, 0.5) is 13.2 Å². The van der Waals surface area contributed by atoms with Gasteiger partial charge in [-0.2, -0.15) is 13.2 Å². The van der Waals surface area contributed by atoms with Crippen molar-refractivity contribution in [2.45, 2.75) is 24.2 Å². The first-order chi connectivity index (χ1) is 13.4. The number of furan rings is 1. The number of amides is 1. The summed E-state index contributed by atoms with van der Waals surface area (Å²) >= 11 is 1.59. The van der Waals surface area contributed by atoms with Gasteiger partial charge in [0.05, 0.1) is 23.9 Å². The highest BCUT2D eigenvalue weighted by Crippen LogP contribution is 2.33. The second-order valence-electron chi connectivity index (χ2n) is 6.13. The molecular weight excluding hydrogens is 387 g/mol. The molecule has 0 atom stereocenters. The molecule has 0 radical (unpaired) electrons. The van der Waals surface area contributed by atoms with E-state index >= 15 is 0 Å². The molecule has 0 saturated heterocycles. The molecule has 3 rings (SSSR count). The molecule has 3 nitrogen and oxygen atoms in total. The number of hydrogen-bond donors (Lipinski definition) is 0. The van der Waals surface area contributed by atoms with Crippen LogP contribution in [0.15, 0.2) is 76.2 Å². The van der Waals surface area contributed by atoms with Crippen molar-refractivity contribution >= 4 is 17.7 Å². The van der Waals surface area contributed by atoms with E-state index in [1.165, 1.54) is 29.4 Å². The summed E-state index contributed by atoms with van der Waals surface area (Å²) in [4.78, 5) is 15.5. The summed E-state index contributed by atoms with van der Waals surface area (Å²) in [6.07, 6.45) is -1.19. The molecule has 0 fully saturated rings. The first-order valence-electron chi connectivity index (χ1n) is 8.49. The van der Waals surface area contributed by atoms with Crippen LogP contribution < -0.4 is 0 Å². The highest BCUT2D eigenvalue weighted by Gasteiger charge is 2.36. The number of thioether (sulfide) groups is 1. The second kappa shape index (κ2) is 8.56. The third-order valence-corrected chi connectivity index (χ3v) is 4.95. The zero-order valence-corrected chi connectivity index (χ0v) is 15.9. The van der Waals surface area contributed by atoms with Gasteiger partial charge in [0, 0.05) is 11.4 Å². The molecule has 1 aromatic heterocycles. The maximum absolute atomic E-state index is 13.4. The number of carbonyl (C=O) groups is 1. The molecule has 0 bridgehead atoms. The van der Waals surface area contributed by atoms with Gasteiger partial charge in [-0.3, -0.25) is 4.79 Å². The first kappa shape index (κ1) is 20.1. The van der Waals surface area contributed by atoms with Gasteiger partial charge in [0.15, 0.2) is 0 Å². The number of hydrogen-bond acceptors (Lipinski definition) is 3. The van der Waals surface area contributed by atoms with E-state index in [9.17, 15) is 18.0 Å². The van der Waals surface area contributed by atoms with E-state index in [0.717, 1.165) is 16.5 Å². The highest BCUT2D eigenvalue weighted by atomic mass is 32.2. The fourth-order valence-electron chi connectivity index (χ4n) is 2.83. The Hall–Kier alpha value is -2.67.